The second-order valence-electron chi connectivity index (χ2n) is 2.94. The van der Waals surface area contributed by atoms with Crippen LogP contribution >= 0.6 is 0 Å². The highest BCUT2D eigenvalue weighted by molar-refractivity contribution is 7.88. The van der Waals surface area contributed by atoms with Crippen LogP contribution in [0.25, 0.3) is 0 Å². The van der Waals surface area contributed by atoms with Crippen molar-refractivity contribution < 1.29 is 18.7 Å². The Labute approximate surface area is 92.5 Å². The zero-order valence-electron chi connectivity index (χ0n) is 8.40. The van der Waals surface area contributed by atoms with E-state index in [1.165, 1.54) is 31.3 Å². The Bertz CT molecular complexity index is 505. The predicted octanol–water partition coefficient (Wildman–Crippen LogP) is 0.974. The van der Waals surface area contributed by atoms with Gasteiger partial charge in [0.25, 0.3) is 0 Å². The summed E-state index contributed by atoms with van der Waals surface area (Å²) in [6, 6.07) is 5.38. The molecule has 0 bridgehead atoms. The van der Waals surface area contributed by atoms with Crippen molar-refractivity contribution in [3.8, 4) is 0 Å². The van der Waals surface area contributed by atoms with Crippen molar-refractivity contribution in [2.24, 2.45) is 10.3 Å². The minimum atomic E-state index is -3.57. The van der Waals surface area contributed by atoms with E-state index < -0.39 is 16.1 Å². The number of rotatable bonds is 2. The first-order valence-electron chi connectivity index (χ1n) is 4.14. The lowest BCUT2D eigenvalue weighted by Crippen LogP contribution is -2.23. The van der Waals surface area contributed by atoms with Crippen LogP contribution in [-0.4, -0.2) is 27.0 Å². The molecule has 0 radical (unpaired) electrons. The third-order valence-corrected chi connectivity index (χ3v) is 3.13. The molecule has 0 aromatic heterocycles. The summed E-state index contributed by atoms with van der Waals surface area (Å²) in [6.45, 7) is 0. The van der Waals surface area contributed by atoms with Gasteiger partial charge in [0.05, 0.1) is 4.90 Å². The molecule has 0 spiro atoms. The number of hydrogen-bond donors (Lipinski definition) is 3. The average molecular weight is 245 g/mol. The Morgan fingerprint density at radius 1 is 1.44 bits per heavy atom. The number of hydrogen-bond acceptors (Lipinski definition) is 3. The summed E-state index contributed by atoms with van der Waals surface area (Å²) in [7, 11) is -2.21. The molecule has 0 aliphatic rings. The first kappa shape index (κ1) is 12.4. The zero-order valence-corrected chi connectivity index (χ0v) is 9.22. The Kier molecular flexibility index (Phi) is 3.48. The molecule has 1 atom stereocenters. The topological polar surface area (TPSA) is 116 Å². The molecule has 1 rings (SSSR count). The number of carbonyl (C=O) groups is 1. The highest BCUT2D eigenvalue weighted by Gasteiger charge is 2.11. The van der Waals surface area contributed by atoms with Crippen LogP contribution in [0.2, 0.25) is 0 Å². The Morgan fingerprint density at radius 3 is 2.31 bits per heavy atom. The molecule has 0 aliphatic carbocycles. The van der Waals surface area contributed by atoms with Gasteiger partial charge in [-0.3, -0.25) is 9.45 Å². The smallest absolute Gasteiger partial charge is 0.411 e. The number of nitrogens with zero attached hydrogens (tertiary/aromatic N) is 2. The van der Waals surface area contributed by atoms with Gasteiger partial charge in [0, 0.05) is 12.7 Å². The molecular formula is C8H11N3O4S. The highest BCUT2D eigenvalue weighted by Crippen LogP contribution is 2.17. The molecule has 7 nitrogen and oxygen atoms in total. The molecule has 1 aromatic carbocycles. The Balaban J connectivity index is 3.10. The minimum Gasteiger partial charge on any atom is -0.465 e. The van der Waals surface area contributed by atoms with Crippen molar-refractivity contribution in [1.29, 1.82) is 0 Å². The molecule has 16 heavy (non-hydrogen) atoms. The van der Waals surface area contributed by atoms with E-state index in [0.29, 0.717) is 5.69 Å². The fourth-order valence-electron chi connectivity index (χ4n) is 1.02. The van der Waals surface area contributed by atoms with Gasteiger partial charge in [0.2, 0.25) is 10.0 Å². The molecular weight excluding hydrogens is 234 g/mol. The number of benzene rings is 1. The lowest BCUT2D eigenvalue weighted by molar-refractivity contribution is 0.203. The SMILES string of the molecule is CN(C(=O)O)c1ccc(S(=O)(O)=NN)cc1. The lowest BCUT2D eigenvalue weighted by Gasteiger charge is -2.13. The van der Waals surface area contributed by atoms with E-state index in [2.05, 4.69) is 4.47 Å². The summed E-state index contributed by atoms with van der Waals surface area (Å²) < 4.78 is 23.4. The second-order valence-corrected chi connectivity index (χ2v) is 4.61. The van der Waals surface area contributed by atoms with Crippen LogP contribution in [0.1, 0.15) is 0 Å². The Morgan fingerprint density at radius 2 is 1.94 bits per heavy atom. The molecule has 0 heterocycles. The average Bonchev–Trinajstić information content (AvgIpc) is 2.28. The van der Waals surface area contributed by atoms with Gasteiger partial charge in [-0.1, -0.05) is 0 Å². The predicted molar refractivity (Wildman–Crippen MR) is 58.5 cm³/mol. The number of carboxylic acid groups (broad SMARTS) is 1. The fourth-order valence-corrected chi connectivity index (χ4v) is 1.63. The van der Waals surface area contributed by atoms with Gasteiger partial charge < -0.3 is 5.11 Å². The third-order valence-electron chi connectivity index (χ3n) is 1.96. The molecule has 0 saturated carbocycles. The molecule has 88 valence electrons. The van der Waals surface area contributed by atoms with Crippen LogP contribution in [0.5, 0.6) is 0 Å². The maximum absolute atomic E-state index is 11.3. The maximum Gasteiger partial charge on any atom is 0.411 e. The summed E-state index contributed by atoms with van der Waals surface area (Å²) in [5, 5.41) is 8.69. The van der Waals surface area contributed by atoms with Gasteiger partial charge in [-0.2, -0.15) is 0 Å². The zero-order chi connectivity index (χ0) is 12.3. The van der Waals surface area contributed by atoms with Crippen molar-refractivity contribution in [3.05, 3.63) is 24.3 Å². The van der Waals surface area contributed by atoms with E-state index in [1.54, 1.807) is 0 Å². The van der Waals surface area contributed by atoms with Crippen molar-refractivity contribution in [1.82, 2.24) is 0 Å². The first-order chi connectivity index (χ1) is 7.38. The quantitative estimate of drug-likeness (QED) is 0.530. The minimum absolute atomic E-state index is 0.0255. The van der Waals surface area contributed by atoms with E-state index in [0.717, 1.165) is 4.90 Å². The van der Waals surface area contributed by atoms with Crippen molar-refractivity contribution in [2.75, 3.05) is 11.9 Å². The van der Waals surface area contributed by atoms with Crippen molar-refractivity contribution >= 4 is 21.8 Å². The summed E-state index contributed by atoms with van der Waals surface area (Å²) in [5.41, 5.74) is 0.378. The van der Waals surface area contributed by atoms with Crippen LogP contribution in [0.15, 0.2) is 33.6 Å². The summed E-state index contributed by atoms with van der Waals surface area (Å²) in [6.07, 6.45) is -1.12. The molecule has 4 N–H and O–H groups in total. The van der Waals surface area contributed by atoms with Gasteiger partial charge in [0.15, 0.2) is 0 Å². The number of nitrogens with two attached hydrogens (primary N) is 1. The number of anilines is 1. The maximum atomic E-state index is 11.3. The highest BCUT2D eigenvalue weighted by atomic mass is 32.2. The molecule has 0 aliphatic heterocycles. The fraction of sp³-hybridized carbons (Fsp3) is 0.125. The largest absolute Gasteiger partial charge is 0.465 e. The van der Waals surface area contributed by atoms with Crippen LogP contribution in [0.3, 0.4) is 0 Å². The monoisotopic (exact) mass is 245 g/mol. The van der Waals surface area contributed by atoms with E-state index in [9.17, 15) is 13.6 Å². The number of amides is 1. The molecule has 1 aromatic rings. The van der Waals surface area contributed by atoms with E-state index >= 15 is 0 Å². The first-order valence-corrected chi connectivity index (χ1v) is 5.61. The normalized spacial score (nSPS) is 13.9. The lowest BCUT2D eigenvalue weighted by atomic mass is 10.3. The summed E-state index contributed by atoms with van der Waals surface area (Å²) >= 11 is 0. The van der Waals surface area contributed by atoms with Gasteiger partial charge in [0.1, 0.15) is 0 Å². The van der Waals surface area contributed by atoms with Crippen LogP contribution in [-0.2, 0) is 10.0 Å². The van der Waals surface area contributed by atoms with Gasteiger partial charge >= 0.3 is 6.09 Å². The van der Waals surface area contributed by atoms with Crippen LogP contribution in [0.4, 0.5) is 10.5 Å². The standard InChI is InChI=1S/C8H11N3O4S/c1-11(8(12)13)6-2-4-7(5-3-6)16(14,15)10-9/h2-5H,9H2,1H3,(H,12,13)(H,10,14,15). The van der Waals surface area contributed by atoms with E-state index in [-0.39, 0.29) is 4.90 Å². The van der Waals surface area contributed by atoms with Crippen LogP contribution < -0.4 is 10.7 Å². The molecule has 0 saturated heterocycles. The van der Waals surface area contributed by atoms with Gasteiger partial charge in [-0.15, -0.1) is 4.47 Å². The van der Waals surface area contributed by atoms with Crippen molar-refractivity contribution in [3.63, 3.8) is 0 Å². The molecule has 1 unspecified atom stereocenters. The Hall–Kier alpha value is -1.64. The molecule has 1 amide bonds. The summed E-state index contributed by atoms with van der Waals surface area (Å²) in [5.74, 6) is 4.78. The second kappa shape index (κ2) is 4.47. The van der Waals surface area contributed by atoms with Crippen LogP contribution in [0, 0.1) is 0 Å². The molecule has 0 fully saturated rings. The van der Waals surface area contributed by atoms with E-state index in [1.807, 2.05) is 0 Å². The van der Waals surface area contributed by atoms with Gasteiger partial charge in [-0.05, 0) is 24.3 Å². The van der Waals surface area contributed by atoms with E-state index in [4.69, 9.17) is 10.9 Å². The van der Waals surface area contributed by atoms with Crippen molar-refractivity contribution in [2.45, 2.75) is 4.90 Å². The summed E-state index contributed by atoms with van der Waals surface area (Å²) in [4.78, 5) is 11.6. The molecule has 8 heteroatoms. The third kappa shape index (κ3) is 2.48. The van der Waals surface area contributed by atoms with Gasteiger partial charge in [-0.25, -0.2) is 14.8 Å².